The minimum atomic E-state index is -0.727. The molecule has 1 heterocycles. The Morgan fingerprint density at radius 3 is 2.55 bits per heavy atom. The lowest BCUT2D eigenvalue weighted by molar-refractivity contribution is -0.132. The molecule has 0 aliphatic carbocycles. The van der Waals surface area contributed by atoms with E-state index in [9.17, 15) is 9.59 Å². The van der Waals surface area contributed by atoms with Gasteiger partial charge in [-0.3, -0.25) is 10.1 Å². The van der Waals surface area contributed by atoms with Gasteiger partial charge in [0.1, 0.15) is 17.9 Å². The Kier molecular flexibility index (Phi) is 9.11. The lowest BCUT2D eigenvalue weighted by Gasteiger charge is -2.37. The van der Waals surface area contributed by atoms with E-state index in [0.717, 1.165) is 5.56 Å². The summed E-state index contributed by atoms with van der Waals surface area (Å²) in [5.41, 5.74) is 0.666. The summed E-state index contributed by atoms with van der Waals surface area (Å²) >= 11 is 5.99. The average molecular weight is 475 g/mol. The first-order chi connectivity index (χ1) is 15.9. The van der Waals surface area contributed by atoms with Gasteiger partial charge in [-0.2, -0.15) is 0 Å². The minimum Gasteiger partial charge on any atom is -0.492 e. The largest absolute Gasteiger partial charge is 0.492 e. The number of amides is 1. The van der Waals surface area contributed by atoms with E-state index in [0.29, 0.717) is 62.1 Å². The Balaban J connectivity index is 1.58. The second-order valence-corrected chi connectivity index (χ2v) is 8.40. The van der Waals surface area contributed by atoms with Gasteiger partial charge in [-0.1, -0.05) is 29.8 Å². The Morgan fingerprint density at radius 1 is 1.15 bits per heavy atom. The van der Waals surface area contributed by atoms with Crippen molar-refractivity contribution in [3.63, 3.8) is 0 Å². The van der Waals surface area contributed by atoms with Gasteiger partial charge < -0.3 is 19.5 Å². The highest BCUT2D eigenvalue weighted by molar-refractivity contribution is 6.30. The zero-order valence-electron chi connectivity index (χ0n) is 19.1. The monoisotopic (exact) mass is 474 g/mol. The van der Waals surface area contributed by atoms with Crippen molar-refractivity contribution in [3.05, 3.63) is 64.7 Å². The van der Waals surface area contributed by atoms with Crippen LogP contribution in [0, 0.1) is 0 Å². The smallest absolute Gasteiger partial charge is 0.338 e. The number of ether oxygens (including phenoxy) is 3. The van der Waals surface area contributed by atoms with Crippen LogP contribution in [-0.4, -0.2) is 50.4 Å². The fourth-order valence-electron chi connectivity index (χ4n) is 3.76. The molecule has 1 amide bonds. The van der Waals surface area contributed by atoms with Gasteiger partial charge in [-0.25, -0.2) is 4.79 Å². The molecule has 3 rings (SSSR count). The molecule has 33 heavy (non-hydrogen) atoms. The van der Waals surface area contributed by atoms with Crippen molar-refractivity contribution in [1.29, 1.82) is 0 Å². The Bertz CT molecular complexity index is 929. The van der Waals surface area contributed by atoms with Crippen molar-refractivity contribution in [2.45, 2.75) is 38.3 Å². The zero-order chi connectivity index (χ0) is 23.7. The molecular formula is C25H31ClN2O5. The first kappa shape index (κ1) is 25.0. The summed E-state index contributed by atoms with van der Waals surface area (Å²) < 4.78 is 16.3. The van der Waals surface area contributed by atoms with Gasteiger partial charge in [0, 0.05) is 24.8 Å². The summed E-state index contributed by atoms with van der Waals surface area (Å²) in [4.78, 5) is 25.2. The van der Waals surface area contributed by atoms with E-state index in [4.69, 9.17) is 25.8 Å². The van der Waals surface area contributed by atoms with Crippen LogP contribution >= 0.6 is 11.6 Å². The van der Waals surface area contributed by atoms with Crippen molar-refractivity contribution in [3.8, 4) is 5.75 Å². The summed E-state index contributed by atoms with van der Waals surface area (Å²) in [5.74, 6) is 0.260. The van der Waals surface area contributed by atoms with Gasteiger partial charge in [0.05, 0.1) is 18.2 Å². The van der Waals surface area contributed by atoms with Crippen LogP contribution in [0.25, 0.3) is 0 Å². The predicted molar refractivity (Wildman–Crippen MR) is 127 cm³/mol. The second-order valence-electron chi connectivity index (χ2n) is 7.96. The molecule has 0 bridgehead atoms. The van der Waals surface area contributed by atoms with Crippen LogP contribution in [0.2, 0.25) is 5.02 Å². The normalized spacial score (nSPS) is 16.0. The highest BCUT2D eigenvalue weighted by atomic mass is 35.5. The molecule has 2 aromatic carbocycles. The number of hydrogen-bond acceptors (Lipinski definition) is 6. The molecule has 8 heteroatoms. The number of halogens is 1. The van der Waals surface area contributed by atoms with E-state index in [1.165, 1.54) is 0 Å². The molecule has 7 nitrogen and oxygen atoms in total. The maximum atomic E-state index is 13.3. The van der Waals surface area contributed by atoms with E-state index in [2.05, 4.69) is 10.6 Å². The van der Waals surface area contributed by atoms with Crippen molar-refractivity contribution < 1.29 is 23.8 Å². The zero-order valence-corrected chi connectivity index (χ0v) is 19.8. The molecular weight excluding hydrogens is 444 g/mol. The number of carbonyl (C=O) groups is 2. The summed E-state index contributed by atoms with van der Waals surface area (Å²) in [6.45, 7) is 5.95. The van der Waals surface area contributed by atoms with Gasteiger partial charge in [0.2, 0.25) is 5.91 Å². The molecule has 0 unspecified atom stereocenters. The van der Waals surface area contributed by atoms with Crippen molar-refractivity contribution >= 4 is 23.5 Å². The molecule has 178 valence electrons. The molecule has 1 aliphatic heterocycles. The number of esters is 1. The lowest BCUT2D eigenvalue weighted by atomic mass is 9.88. The first-order valence-corrected chi connectivity index (χ1v) is 11.6. The maximum Gasteiger partial charge on any atom is 0.338 e. The summed E-state index contributed by atoms with van der Waals surface area (Å²) in [6.07, 6.45) is 1.15. The SMILES string of the molecule is CCOC(=O)c1ccc([C@H](C)NC(=O)C2(NCCOc3cccc(Cl)c3)CCOCC2)cc1. The van der Waals surface area contributed by atoms with Crippen LogP contribution in [0.15, 0.2) is 48.5 Å². The van der Waals surface area contributed by atoms with Crippen LogP contribution in [0.3, 0.4) is 0 Å². The summed E-state index contributed by atoms with van der Waals surface area (Å²) in [6, 6.07) is 14.1. The molecule has 0 aromatic heterocycles. The second kappa shape index (κ2) is 12.0. The van der Waals surface area contributed by atoms with Crippen molar-refractivity contribution in [2.24, 2.45) is 0 Å². The maximum absolute atomic E-state index is 13.3. The van der Waals surface area contributed by atoms with Crippen LogP contribution in [-0.2, 0) is 14.3 Å². The topological polar surface area (TPSA) is 85.9 Å². The molecule has 1 atom stereocenters. The highest BCUT2D eigenvalue weighted by Gasteiger charge is 2.40. The number of hydrogen-bond donors (Lipinski definition) is 2. The van der Waals surface area contributed by atoms with Gasteiger partial charge in [-0.05, 0) is 62.6 Å². The summed E-state index contributed by atoms with van der Waals surface area (Å²) in [7, 11) is 0. The lowest BCUT2D eigenvalue weighted by Crippen LogP contribution is -2.60. The van der Waals surface area contributed by atoms with Crippen molar-refractivity contribution in [1.82, 2.24) is 10.6 Å². The van der Waals surface area contributed by atoms with Crippen LogP contribution < -0.4 is 15.4 Å². The van der Waals surface area contributed by atoms with E-state index in [-0.39, 0.29) is 17.9 Å². The predicted octanol–water partition coefficient (Wildman–Crippen LogP) is 3.91. The Labute approximate surface area is 199 Å². The molecule has 2 aromatic rings. The third-order valence-electron chi connectivity index (χ3n) is 5.68. The third-order valence-corrected chi connectivity index (χ3v) is 5.92. The number of rotatable bonds is 10. The van der Waals surface area contributed by atoms with Gasteiger partial charge in [-0.15, -0.1) is 0 Å². The van der Waals surface area contributed by atoms with E-state index >= 15 is 0 Å². The molecule has 0 saturated carbocycles. The van der Waals surface area contributed by atoms with Gasteiger partial charge >= 0.3 is 5.97 Å². The highest BCUT2D eigenvalue weighted by Crippen LogP contribution is 2.23. The van der Waals surface area contributed by atoms with Crippen molar-refractivity contribution in [2.75, 3.05) is 33.0 Å². The number of benzene rings is 2. The summed E-state index contributed by atoms with van der Waals surface area (Å²) in [5, 5.41) is 7.13. The Hall–Kier alpha value is -2.61. The number of nitrogens with one attached hydrogen (secondary N) is 2. The molecule has 0 radical (unpaired) electrons. The third kappa shape index (κ3) is 6.93. The molecule has 1 aliphatic rings. The fraction of sp³-hybridized carbons (Fsp3) is 0.440. The van der Waals surface area contributed by atoms with Crippen LogP contribution in [0.5, 0.6) is 5.75 Å². The standard InChI is InChI=1S/C25H31ClN2O5/c1-3-32-23(29)20-9-7-19(8-10-20)18(2)28-24(30)25(11-14-31-15-12-25)27-13-16-33-22-6-4-5-21(26)17-22/h4-10,17-18,27H,3,11-16H2,1-2H3,(H,28,30)/t18-/m0/s1. The van der Waals surface area contributed by atoms with Crippen LogP contribution in [0.1, 0.15) is 48.7 Å². The van der Waals surface area contributed by atoms with E-state index < -0.39 is 5.54 Å². The minimum absolute atomic E-state index is 0.0736. The molecule has 2 N–H and O–H groups in total. The molecule has 1 saturated heterocycles. The van der Waals surface area contributed by atoms with Gasteiger partial charge in [0.25, 0.3) is 0 Å². The quantitative estimate of drug-likeness (QED) is 0.401. The molecule has 1 fully saturated rings. The van der Waals surface area contributed by atoms with Crippen LogP contribution in [0.4, 0.5) is 0 Å². The van der Waals surface area contributed by atoms with Gasteiger partial charge in [0.15, 0.2) is 0 Å². The Morgan fingerprint density at radius 2 is 1.88 bits per heavy atom. The fourth-order valence-corrected chi connectivity index (χ4v) is 3.94. The van der Waals surface area contributed by atoms with E-state index in [1.807, 2.05) is 31.2 Å². The average Bonchev–Trinajstić information content (AvgIpc) is 2.83. The molecule has 0 spiro atoms. The van der Waals surface area contributed by atoms with E-state index in [1.54, 1.807) is 31.2 Å². The first-order valence-electron chi connectivity index (χ1n) is 11.2. The number of carbonyl (C=O) groups excluding carboxylic acids is 2.